The van der Waals surface area contributed by atoms with Gasteiger partial charge in [0.2, 0.25) is 0 Å². The molecule has 1 aliphatic carbocycles. The molecule has 2 heteroatoms. The van der Waals surface area contributed by atoms with E-state index in [4.69, 9.17) is 17.0 Å². The molecule has 1 aliphatic rings. The second-order valence-electron chi connectivity index (χ2n) is 4.89. The monoisotopic (exact) mass is 272 g/mol. The molecule has 0 N–H and O–H groups in total. The SMILES string of the molecule is CCc1cc(C(C)=S)cc(C)c1OC1=CC=CCC1. The van der Waals surface area contributed by atoms with Crippen molar-refractivity contribution in [3.05, 3.63) is 52.8 Å². The Bertz CT molecular complexity index is 553. The summed E-state index contributed by atoms with van der Waals surface area (Å²) in [4.78, 5) is 0.934. The van der Waals surface area contributed by atoms with E-state index in [1.54, 1.807) is 0 Å². The largest absolute Gasteiger partial charge is 0.461 e. The van der Waals surface area contributed by atoms with Crippen LogP contribution in [0.4, 0.5) is 0 Å². The quantitative estimate of drug-likeness (QED) is 0.569. The summed E-state index contributed by atoms with van der Waals surface area (Å²) in [5, 5.41) is 0. The first kappa shape index (κ1) is 14.0. The number of allylic oxidation sites excluding steroid dienone is 4. The number of ether oxygens (including phenoxy) is 1. The van der Waals surface area contributed by atoms with Crippen LogP contribution < -0.4 is 4.74 Å². The third-order valence-electron chi connectivity index (χ3n) is 3.35. The van der Waals surface area contributed by atoms with E-state index in [2.05, 4.69) is 44.2 Å². The van der Waals surface area contributed by atoms with Crippen molar-refractivity contribution in [2.45, 2.75) is 40.0 Å². The maximum atomic E-state index is 6.11. The Morgan fingerprint density at radius 2 is 2.16 bits per heavy atom. The van der Waals surface area contributed by atoms with Crippen LogP contribution in [0.5, 0.6) is 5.75 Å². The standard InChI is InChI=1S/C17H20OS/c1-4-14-11-15(13(3)19)10-12(2)17(14)18-16-8-6-5-7-9-16/h5-6,8,10-11H,4,7,9H2,1-3H3. The average Bonchev–Trinajstić information content (AvgIpc) is 2.41. The van der Waals surface area contributed by atoms with E-state index in [1.165, 1.54) is 5.56 Å². The molecule has 0 amide bonds. The minimum Gasteiger partial charge on any atom is -0.461 e. The molecule has 0 radical (unpaired) electrons. The highest BCUT2D eigenvalue weighted by molar-refractivity contribution is 7.80. The summed E-state index contributed by atoms with van der Waals surface area (Å²) in [5.41, 5.74) is 3.53. The zero-order chi connectivity index (χ0) is 13.8. The first-order valence-electron chi connectivity index (χ1n) is 6.79. The number of thiocarbonyl (C=S) groups is 1. The Hall–Kier alpha value is -1.41. The van der Waals surface area contributed by atoms with E-state index in [0.717, 1.165) is 46.8 Å². The molecule has 1 aromatic carbocycles. The third-order valence-corrected chi connectivity index (χ3v) is 3.58. The van der Waals surface area contributed by atoms with Crippen LogP contribution >= 0.6 is 12.2 Å². The van der Waals surface area contributed by atoms with Crippen LogP contribution in [0.15, 0.2) is 36.1 Å². The van der Waals surface area contributed by atoms with Gasteiger partial charge in [-0.25, -0.2) is 0 Å². The van der Waals surface area contributed by atoms with E-state index < -0.39 is 0 Å². The van der Waals surface area contributed by atoms with Crippen LogP contribution in [0.25, 0.3) is 0 Å². The fourth-order valence-corrected chi connectivity index (χ4v) is 2.37. The van der Waals surface area contributed by atoms with Crippen molar-refractivity contribution in [1.29, 1.82) is 0 Å². The van der Waals surface area contributed by atoms with Crippen molar-refractivity contribution < 1.29 is 4.74 Å². The average molecular weight is 272 g/mol. The molecule has 1 nitrogen and oxygen atoms in total. The van der Waals surface area contributed by atoms with Crippen molar-refractivity contribution in [3.63, 3.8) is 0 Å². The van der Waals surface area contributed by atoms with Crippen molar-refractivity contribution in [2.75, 3.05) is 0 Å². The number of rotatable bonds is 4. The van der Waals surface area contributed by atoms with Crippen molar-refractivity contribution >= 4 is 17.1 Å². The lowest BCUT2D eigenvalue weighted by atomic mass is 10.0. The Morgan fingerprint density at radius 3 is 2.74 bits per heavy atom. The summed E-state index contributed by atoms with van der Waals surface area (Å²) >= 11 is 5.27. The van der Waals surface area contributed by atoms with Crippen LogP contribution in [-0.4, -0.2) is 4.86 Å². The fraction of sp³-hybridized carbons (Fsp3) is 0.353. The highest BCUT2D eigenvalue weighted by atomic mass is 32.1. The number of aryl methyl sites for hydroxylation is 2. The van der Waals surface area contributed by atoms with Gasteiger partial charge in [0.25, 0.3) is 0 Å². The minimum absolute atomic E-state index is 0.934. The number of benzene rings is 1. The van der Waals surface area contributed by atoms with Crippen LogP contribution in [0.3, 0.4) is 0 Å². The van der Waals surface area contributed by atoms with Gasteiger partial charge < -0.3 is 4.74 Å². The van der Waals surface area contributed by atoms with Crippen LogP contribution in [0.2, 0.25) is 0 Å². The summed E-state index contributed by atoms with van der Waals surface area (Å²) in [6, 6.07) is 4.28. The van der Waals surface area contributed by atoms with E-state index in [1.807, 2.05) is 6.92 Å². The number of hydrogen-bond donors (Lipinski definition) is 0. The van der Waals surface area contributed by atoms with Gasteiger partial charge in [-0.2, -0.15) is 0 Å². The molecule has 1 aromatic rings. The maximum Gasteiger partial charge on any atom is 0.133 e. The molecule has 100 valence electrons. The van der Waals surface area contributed by atoms with Gasteiger partial charge in [-0.1, -0.05) is 31.3 Å². The molecule has 0 heterocycles. The third kappa shape index (κ3) is 3.32. The van der Waals surface area contributed by atoms with E-state index in [-0.39, 0.29) is 0 Å². The van der Waals surface area contributed by atoms with E-state index in [9.17, 15) is 0 Å². The van der Waals surface area contributed by atoms with Gasteiger partial charge in [-0.15, -0.1) is 0 Å². The van der Waals surface area contributed by atoms with Crippen LogP contribution in [-0.2, 0) is 6.42 Å². The zero-order valence-corrected chi connectivity index (χ0v) is 12.6. The lowest BCUT2D eigenvalue weighted by Gasteiger charge is -2.17. The van der Waals surface area contributed by atoms with Crippen LogP contribution in [0.1, 0.15) is 43.4 Å². The normalized spacial score (nSPS) is 14.2. The number of hydrogen-bond acceptors (Lipinski definition) is 2. The van der Waals surface area contributed by atoms with Gasteiger partial charge in [0.1, 0.15) is 11.5 Å². The van der Waals surface area contributed by atoms with Gasteiger partial charge in [0, 0.05) is 11.3 Å². The Morgan fingerprint density at radius 1 is 1.37 bits per heavy atom. The van der Waals surface area contributed by atoms with Crippen LogP contribution in [0, 0.1) is 6.92 Å². The first-order valence-corrected chi connectivity index (χ1v) is 7.20. The fourth-order valence-electron chi connectivity index (χ4n) is 2.26. The highest BCUT2D eigenvalue weighted by Gasteiger charge is 2.12. The molecular formula is C17H20OS. The molecule has 0 fully saturated rings. The molecule has 0 bridgehead atoms. The van der Waals surface area contributed by atoms with E-state index >= 15 is 0 Å². The highest BCUT2D eigenvalue weighted by Crippen LogP contribution is 2.29. The summed E-state index contributed by atoms with van der Waals surface area (Å²) in [6.45, 7) is 6.22. The Kier molecular flexibility index (Phi) is 4.54. The Labute approximate surface area is 121 Å². The van der Waals surface area contributed by atoms with Crippen molar-refractivity contribution in [3.8, 4) is 5.75 Å². The lowest BCUT2D eigenvalue weighted by molar-refractivity contribution is 0.396. The van der Waals surface area contributed by atoms with E-state index in [0.29, 0.717) is 0 Å². The summed E-state index contributed by atoms with van der Waals surface area (Å²) in [7, 11) is 0. The summed E-state index contributed by atoms with van der Waals surface area (Å²) in [6.07, 6.45) is 9.28. The molecule has 0 aromatic heterocycles. The molecular weight excluding hydrogens is 252 g/mol. The van der Waals surface area contributed by atoms with Gasteiger partial charge >= 0.3 is 0 Å². The minimum atomic E-state index is 0.934. The Balaban J connectivity index is 2.36. The van der Waals surface area contributed by atoms with Crippen molar-refractivity contribution in [2.24, 2.45) is 0 Å². The molecule has 0 saturated carbocycles. The molecule has 0 aliphatic heterocycles. The van der Waals surface area contributed by atoms with Gasteiger partial charge in [0.05, 0.1) is 0 Å². The van der Waals surface area contributed by atoms with Gasteiger partial charge in [-0.3, -0.25) is 0 Å². The predicted molar refractivity (Wildman–Crippen MR) is 85.0 cm³/mol. The summed E-state index contributed by atoms with van der Waals surface area (Å²) < 4.78 is 6.11. The predicted octanol–water partition coefficient (Wildman–Crippen LogP) is 4.91. The molecule has 0 spiro atoms. The zero-order valence-electron chi connectivity index (χ0n) is 11.8. The van der Waals surface area contributed by atoms with Gasteiger partial charge in [0.15, 0.2) is 0 Å². The first-order chi connectivity index (χ1) is 9.11. The van der Waals surface area contributed by atoms with Crippen molar-refractivity contribution in [1.82, 2.24) is 0 Å². The second-order valence-corrected chi connectivity index (χ2v) is 5.51. The molecule has 0 atom stereocenters. The molecule has 19 heavy (non-hydrogen) atoms. The topological polar surface area (TPSA) is 9.23 Å². The van der Waals surface area contributed by atoms with Gasteiger partial charge in [-0.05, 0) is 61.6 Å². The lowest BCUT2D eigenvalue weighted by Crippen LogP contribution is -2.03. The molecule has 0 saturated heterocycles. The smallest absolute Gasteiger partial charge is 0.133 e. The maximum absolute atomic E-state index is 6.11. The molecule has 0 unspecified atom stereocenters. The summed E-state index contributed by atoms with van der Waals surface area (Å²) in [5.74, 6) is 2.05. The molecule has 2 rings (SSSR count). The second kappa shape index (κ2) is 6.16.